The molecule has 0 spiro atoms. The predicted octanol–water partition coefficient (Wildman–Crippen LogP) is 1.26. The van der Waals surface area contributed by atoms with Crippen molar-refractivity contribution < 1.29 is 4.79 Å². The SMILES string of the molecule is NCCC#Cc1cscc1C=O. The first-order valence-electron chi connectivity index (χ1n) is 3.58. The number of thiophene rings is 1. The van der Waals surface area contributed by atoms with Gasteiger partial charge in [-0.1, -0.05) is 11.8 Å². The summed E-state index contributed by atoms with van der Waals surface area (Å²) in [5.74, 6) is 5.78. The van der Waals surface area contributed by atoms with E-state index in [0.717, 1.165) is 11.8 Å². The summed E-state index contributed by atoms with van der Waals surface area (Å²) in [6.07, 6.45) is 1.50. The lowest BCUT2D eigenvalue weighted by molar-refractivity contribution is 0.112. The average molecular weight is 179 g/mol. The molecule has 3 heteroatoms. The highest BCUT2D eigenvalue weighted by atomic mass is 32.1. The summed E-state index contributed by atoms with van der Waals surface area (Å²) in [5.41, 5.74) is 6.75. The van der Waals surface area contributed by atoms with Crippen LogP contribution in [0.2, 0.25) is 0 Å². The molecular weight excluding hydrogens is 170 g/mol. The molecule has 0 saturated heterocycles. The zero-order valence-electron chi connectivity index (χ0n) is 6.54. The van der Waals surface area contributed by atoms with Crippen molar-refractivity contribution in [2.45, 2.75) is 6.42 Å². The minimum absolute atomic E-state index is 0.563. The summed E-state index contributed by atoms with van der Waals surface area (Å²) in [4.78, 5) is 10.4. The van der Waals surface area contributed by atoms with E-state index in [0.29, 0.717) is 18.5 Å². The van der Waals surface area contributed by atoms with Gasteiger partial charge < -0.3 is 5.73 Å². The third-order valence-electron chi connectivity index (χ3n) is 1.31. The van der Waals surface area contributed by atoms with Crippen LogP contribution in [0, 0.1) is 11.8 Å². The van der Waals surface area contributed by atoms with Gasteiger partial charge in [0, 0.05) is 34.9 Å². The number of nitrogens with two attached hydrogens (primary N) is 1. The van der Waals surface area contributed by atoms with Crippen molar-refractivity contribution in [2.24, 2.45) is 5.73 Å². The summed E-state index contributed by atoms with van der Waals surface area (Å²) in [6.45, 7) is 0.563. The molecule has 0 bridgehead atoms. The second kappa shape index (κ2) is 4.70. The maximum atomic E-state index is 10.4. The second-order valence-electron chi connectivity index (χ2n) is 2.20. The smallest absolute Gasteiger partial charge is 0.152 e. The van der Waals surface area contributed by atoms with Crippen LogP contribution in [0.15, 0.2) is 10.8 Å². The van der Waals surface area contributed by atoms with Gasteiger partial charge in [-0.15, -0.1) is 0 Å². The Morgan fingerprint density at radius 1 is 1.58 bits per heavy atom. The van der Waals surface area contributed by atoms with Crippen molar-refractivity contribution in [3.8, 4) is 11.8 Å². The molecule has 0 saturated carbocycles. The highest BCUT2D eigenvalue weighted by Crippen LogP contribution is 2.10. The Kier molecular flexibility index (Phi) is 3.52. The van der Waals surface area contributed by atoms with Crippen molar-refractivity contribution in [1.29, 1.82) is 0 Å². The maximum Gasteiger partial charge on any atom is 0.152 e. The molecule has 0 fully saturated rings. The fraction of sp³-hybridized carbons (Fsp3) is 0.222. The van der Waals surface area contributed by atoms with E-state index in [1.807, 2.05) is 5.38 Å². The zero-order valence-corrected chi connectivity index (χ0v) is 7.36. The van der Waals surface area contributed by atoms with Gasteiger partial charge in [-0.25, -0.2) is 0 Å². The monoisotopic (exact) mass is 179 g/mol. The maximum absolute atomic E-state index is 10.4. The van der Waals surface area contributed by atoms with E-state index in [1.54, 1.807) is 5.38 Å². The molecule has 1 aromatic heterocycles. The zero-order chi connectivity index (χ0) is 8.81. The summed E-state index contributed by atoms with van der Waals surface area (Å²) in [5, 5.41) is 3.66. The topological polar surface area (TPSA) is 43.1 Å². The molecule has 0 atom stereocenters. The quantitative estimate of drug-likeness (QED) is 0.548. The Hall–Kier alpha value is -1.11. The molecule has 0 aliphatic carbocycles. The van der Waals surface area contributed by atoms with Crippen LogP contribution in [-0.4, -0.2) is 12.8 Å². The Balaban J connectivity index is 2.76. The molecule has 0 radical (unpaired) electrons. The Morgan fingerprint density at radius 3 is 3.08 bits per heavy atom. The largest absolute Gasteiger partial charge is 0.330 e. The van der Waals surface area contributed by atoms with Crippen molar-refractivity contribution in [1.82, 2.24) is 0 Å². The lowest BCUT2D eigenvalue weighted by Crippen LogP contribution is -1.95. The average Bonchev–Trinajstić information content (AvgIpc) is 2.52. The lowest BCUT2D eigenvalue weighted by atomic mass is 10.2. The molecule has 12 heavy (non-hydrogen) atoms. The van der Waals surface area contributed by atoms with E-state index < -0.39 is 0 Å². The Morgan fingerprint density at radius 2 is 2.42 bits per heavy atom. The lowest BCUT2D eigenvalue weighted by Gasteiger charge is -1.83. The first kappa shape index (κ1) is 8.98. The van der Waals surface area contributed by atoms with E-state index >= 15 is 0 Å². The van der Waals surface area contributed by atoms with Crippen molar-refractivity contribution in [3.63, 3.8) is 0 Å². The normalized spacial score (nSPS) is 8.75. The molecule has 2 nitrogen and oxygen atoms in total. The van der Waals surface area contributed by atoms with E-state index in [2.05, 4.69) is 11.8 Å². The van der Waals surface area contributed by atoms with E-state index in [-0.39, 0.29) is 0 Å². The van der Waals surface area contributed by atoms with Crippen molar-refractivity contribution >= 4 is 17.6 Å². The molecule has 2 N–H and O–H groups in total. The summed E-state index contributed by atoms with van der Waals surface area (Å²) < 4.78 is 0. The molecule has 0 aromatic carbocycles. The van der Waals surface area contributed by atoms with Crippen molar-refractivity contribution in [3.05, 3.63) is 21.9 Å². The summed E-state index contributed by atoms with van der Waals surface area (Å²) in [6, 6.07) is 0. The number of carbonyl (C=O) groups excluding carboxylic acids is 1. The minimum atomic E-state index is 0.563. The highest BCUT2D eigenvalue weighted by molar-refractivity contribution is 7.08. The van der Waals surface area contributed by atoms with Gasteiger partial charge in [0.15, 0.2) is 6.29 Å². The molecule has 1 heterocycles. The standard InChI is InChI=1S/C9H9NOS/c10-4-2-1-3-8-6-12-7-9(8)5-11/h5-7H,2,4,10H2. The van der Waals surface area contributed by atoms with Crippen LogP contribution in [-0.2, 0) is 0 Å². The van der Waals surface area contributed by atoms with Crippen LogP contribution in [0.1, 0.15) is 22.3 Å². The number of rotatable bonds is 2. The molecule has 0 amide bonds. The van der Waals surface area contributed by atoms with E-state index in [4.69, 9.17) is 5.73 Å². The van der Waals surface area contributed by atoms with Crippen LogP contribution in [0.3, 0.4) is 0 Å². The van der Waals surface area contributed by atoms with Gasteiger partial charge in [-0.05, 0) is 0 Å². The Bertz CT molecular complexity index is 319. The van der Waals surface area contributed by atoms with Gasteiger partial charge in [0.25, 0.3) is 0 Å². The van der Waals surface area contributed by atoms with Crippen LogP contribution >= 0.6 is 11.3 Å². The number of hydrogen-bond acceptors (Lipinski definition) is 3. The van der Waals surface area contributed by atoms with Gasteiger partial charge in [0.05, 0.1) is 0 Å². The third kappa shape index (κ3) is 2.19. The minimum Gasteiger partial charge on any atom is -0.330 e. The fourth-order valence-corrected chi connectivity index (χ4v) is 1.46. The first-order valence-corrected chi connectivity index (χ1v) is 4.53. The second-order valence-corrected chi connectivity index (χ2v) is 2.94. The van der Waals surface area contributed by atoms with Gasteiger partial charge in [-0.3, -0.25) is 4.79 Å². The predicted molar refractivity (Wildman–Crippen MR) is 50.3 cm³/mol. The molecule has 0 unspecified atom stereocenters. The third-order valence-corrected chi connectivity index (χ3v) is 2.07. The number of hydrogen-bond donors (Lipinski definition) is 1. The fourth-order valence-electron chi connectivity index (χ4n) is 0.730. The molecule has 1 rings (SSSR count). The summed E-state index contributed by atoms with van der Waals surface area (Å²) >= 11 is 1.48. The Labute approximate surface area is 75.4 Å². The molecule has 0 aliphatic rings. The summed E-state index contributed by atoms with van der Waals surface area (Å²) in [7, 11) is 0. The van der Waals surface area contributed by atoms with E-state index in [1.165, 1.54) is 11.3 Å². The van der Waals surface area contributed by atoms with Crippen LogP contribution in [0.4, 0.5) is 0 Å². The van der Waals surface area contributed by atoms with Crippen LogP contribution in [0.25, 0.3) is 0 Å². The molecule has 62 valence electrons. The van der Waals surface area contributed by atoms with Gasteiger partial charge >= 0.3 is 0 Å². The van der Waals surface area contributed by atoms with Gasteiger partial charge in [-0.2, -0.15) is 11.3 Å². The number of aldehydes is 1. The first-order chi connectivity index (χ1) is 5.88. The van der Waals surface area contributed by atoms with Crippen molar-refractivity contribution in [2.75, 3.05) is 6.54 Å². The number of carbonyl (C=O) groups is 1. The molecule has 1 aromatic rings. The van der Waals surface area contributed by atoms with Crippen LogP contribution in [0.5, 0.6) is 0 Å². The van der Waals surface area contributed by atoms with Gasteiger partial charge in [0.2, 0.25) is 0 Å². The molecule has 0 aliphatic heterocycles. The van der Waals surface area contributed by atoms with E-state index in [9.17, 15) is 4.79 Å². The molecular formula is C9H9NOS. The highest BCUT2D eigenvalue weighted by Gasteiger charge is 1.97. The van der Waals surface area contributed by atoms with Crippen LogP contribution < -0.4 is 5.73 Å². The van der Waals surface area contributed by atoms with Gasteiger partial charge in [0.1, 0.15) is 0 Å².